The van der Waals surface area contributed by atoms with Crippen LogP contribution in [0.3, 0.4) is 0 Å². The first-order valence-corrected chi connectivity index (χ1v) is 10.6. The Morgan fingerprint density at radius 2 is 1.97 bits per heavy atom. The molecule has 0 radical (unpaired) electrons. The number of carbonyl (C=O) groups is 2. The van der Waals surface area contributed by atoms with Crippen molar-refractivity contribution in [2.24, 2.45) is 5.73 Å². The van der Waals surface area contributed by atoms with Crippen molar-refractivity contribution in [1.82, 2.24) is 15.0 Å². The molecule has 2 aromatic heterocycles. The fraction of sp³-hybridized carbons (Fsp3) is 0.304. The minimum atomic E-state index is -1.83. The fourth-order valence-electron chi connectivity index (χ4n) is 4.24. The number of aliphatic hydroxyl groups is 1. The van der Waals surface area contributed by atoms with Crippen molar-refractivity contribution < 1.29 is 23.6 Å². The van der Waals surface area contributed by atoms with E-state index in [-0.39, 0.29) is 52.0 Å². The number of amides is 2. The average Bonchev–Trinajstić information content (AvgIpc) is 3.45. The molecule has 5 N–H and O–H groups in total. The van der Waals surface area contributed by atoms with E-state index in [4.69, 9.17) is 16.0 Å². The second-order valence-electron chi connectivity index (χ2n) is 8.58. The van der Waals surface area contributed by atoms with E-state index < -0.39 is 23.2 Å². The molecule has 5 rings (SSSR count). The van der Waals surface area contributed by atoms with Crippen LogP contribution in [0.5, 0.6) is 0 Å². The van der Waals surface area contributed by atoms with Gasteiger partial charge in [-0.25, -0.2) is 9.37 Å². The summed E-state index contributed by atoms with van der Waals surface area (Å²) in [6.45, 7) is 0.365. The first-order valence-electron chi connectivity index (χ1n) is 10.6. The summed E-state index contributed by atoms with van der Waals surface area (Å²) in [5.41, 5.74) is 11.2. The first-order chi connectivity index (χ1) is 15.7. The molecule has 33 heavy (non-hydrogen) atoms. The number of nitrogens with two attached hydrogens (primary N) is 2. The van der Waals surface area contributed by atoms with Crippen LogP contribution in [0, 0.1) is 5.82 Å². The zero-order valence-corrected chi connectivity index (χ0v) is 17.8. The standard InChI is InChI=1S/C23H22FN5O4/c1-29-8-7-23(32,22(29)31)17-10-16(28-33-17)13-4-2-3-12(18(13)24)15-9-14(11-5-6-11)19(25)20(27-15)21(26)30/h2-4,9-11,32H,5-8,25H2,1H3,(H2,26,30)/t23-/m1/s1. The molecule has 1 atom stereocenters. The molecule has 0 bridgehead atoms. The minimum Gasteiger partial charge on any atom is -0.397 e. The Labute approximate surface area is 188 Å². The van der Waals surface area contributed by atoms with Crippen LogP contribution in [-0.2, 0) is 10.4 Å². The number of likely N-dealkylation sites (tertiary alicyclic amines) is 1. The van der Waals surface area contributed by atoms with Crippen LogP contribution in [0.1, 0.15) is 47.0 Å². The molecule has 1 aromatic carbocycles. The summed E-state index contributed by atoms with van der Waals surface area (Å²) < 4.78 is 20.9. The molecule has 10 heteroatoms. The summed E-state index contributed by atoms with van der Waals surface area (Å²) >= 11 is 0. The Hall–Kier alpha value is -3.79. The highest BCUT2D eigenvalue weighted by Gasteiger charge is 2.48. The van der Waals surface area contributed by atoms with Crippen LogP contribution in [-0.4, -0.2) is 45.6 Å². The Bertz CT molecular complexity index is 1300. The molecule has 1 aliphatic carbocycles. The Morgan fingerprint density at radius 3 is 2.58 bits per heavy atom. The second-order valence-corrected chi connectivity index (χ2v) is 8.58. The predicted octanol–water partition coefficient (Wildman–Crippen LogP) is 2.15. The lowest BCUT2D eigenvalue weighted by Gasteiger charge is -2.16. The molecule has 3 heterocycles. The summed E-state index contributed by atoms with van der Waals surface area (Å²) in [6.07, 6.45) is 1.99. The third-order valence-corrected chi connectivity index (χ3v) is 6.32. The van der Waals surface area contributed by atoms with Gasteiger partial charge in [0.05, 0.1) is 11.4 Å². The van der Waals surface area contributed by atoms with Gasteiger partial charge >= 0.3 is 0 Å². The number of carbonyl (C=O) groups excluding carboxylic acids is 2. The molecular formula is C23H22FN5O4. The van der Waals surface area contributed by atoms with Gasteiger partial charge < -0.3 is 26.0 Å². The molecule has 3 aromatic rings. The highest BCUT2D eigenvalue weighted by molar-refractivity contribution is 5.97. The lowest BCUT2D eigenvalue weighted by atomic mass is 9.97. The SMILES string of the molecule is CN1CC[C@@](O)(c2cc(-c3cccc(-c4cc(C5CC5)c(N)c(C(N)=O)n4)c3F)no2)C1=O. The maximum Gasteiger partial charge on any atom is 0.269 e. The predicted molar refractivity (Wildman–Crippen MR) is 116 cm³/mol. The van der Waals surface area contributed by atoms with Crippen LogP contribution in [0.15, 0.2) is 34.9 Å². The lowest BCUT2D eigenvalue weighted by Crippen LogP contribution is -2.35. The molecule has 2 aliphatic rings. The largest absolute Gasteiger partial charge is 0.397 e. The van der Waals surface area contributed by atoms with Gasteiger partial charge in [0.15, 0.2) is 11.5 Å². The van der Waals surface area contributed by atoms with E-state index in [1.807, 2.05) is 0 Å². The summed E-state index contributed by atoms with van der Waals surface area (Å²) in [5.74, 6) is -1.79. The fourth-order valence-corrected chi connectivity index (χ4v) is 4.24. The third-order valence-electron chi connectivity index (χ3n) is 6.32. The van der Waals surface area contributed by atoms with Crippen molar-refractivity contribution in [3.63, 3.8) is 0 Å². The first kappa shape index (κ1) is 21.1. The van der Waals surface area contributed by atoms with E-state index in [1.165, 1.54) is 23.1 Å². The van der Waals surface area contributed by atoms with Gasteiger partial charge in [0, 0.05) is 37.2 Å². The van der Waals surface area contributed by atoms with Gasteiger partial charge in [-0.15, -0.1) is 0 Å². The number of nitrogen functional groups attached to an aromatic ring is 1. The van der Waals surface area contributed by atoms with Gasteiger partial charge in [0.1, 0.15) is 11.5 Å². The van der Waals surface area contributed by atoms with Crippen LogP contribution >= 0.6 is 0 Å². The van der Waals surface area contributed by atoms with Gasteiger partial charge in [0.2, 0.25) is 5.60 Å². The number of aromatic nitrogens is 2. The molecule has 2 fully saturated rings. The second kappa shape index (κ2) is 7.38. The summed E-state index contributed by atoms with van der Waals surface area (Å²) in [5, 5.41) is 14.7. The Kier molecular flexibility index (Phi) is 4.71. The van der Waals surface area contributed by atoms with E-state index in [2.05, 4.69) is 10.1 Å². The lowest BCUT2D eigenvalue weighted by molar-refractivity contribution is -0.144. The number of benzene rings is 1. The minimum absolute atomic E-state index is 0.0469. The monoisotopic (exact) mass is 451 g/mol. The molecular weight excluding hydrogens is 429 g/mol. The van der Waals surface area contributed by atoms with Crippen molar-refractivity contribution in [2.75, 3.05) is 19.3 Å². The number of nitrogens with zero attached hydrogens (tertiary/aromatic N) is 3. The molecule has 0 spiro atoms. The number of anilines is 1. The van der Waals surface area contributed by atoms with Crippen LogP contribution in [0.25, 0.3) is 22.5 Å². The van der Waals surface area contributed by atoms with Crippen LogP contribution in [0.2, 0.25) is 0 Å². The van der Waals surface area contributed by atoms with Crippen molar-refractivity contribution >= 4 is 17.5 Å². The highest BCUT2D eigenvalue weighted by Crippen LogP contribution is 2.45. The molecule has 1 saturated heterocycles. The number of halogens is 1. The van der Waals surface area contributed by atoms with Crippen LogP contribution < -0.4 is 11.5 Å². The smallest absolute Gasteiger partial charge is 0.269 e. The topological polar surface area (TPSA) is 149 Å². The van der Waals surface area contributed by atoms with Gasteiger partial charge in [-0.1, -0.05) is 11.2 Å². The molecule has 1 aliphatic heterocycles. The van der Waals surface area contributed by atoms with E-state index in [0.717, 1.165) is 18.4 Å². The van der Waals surface area contributed by atoms with Crippen LogP contribution in [0.4, 0.5) is 10.1 Å². The summed E-state index contributed by atoms with van der Waals surface area (Å²) in [4.78, 5) is 29.9. The molecule has 170 valence electrons. The number of primary amides is 1. The molecule has 9 nitrogen and oxygen atoms in total. The molecule has 2 amide bonds. The quantitative estimate of drug-likeness (QED) is 0.538. The number of hydrogen-bond acceptors (Lipinski definition) is 7. The average molecular weight is 451 g/mol. The Morgan fingerprint density at radius 1 is 1.27 bits per heavy atom. The number of likely N-dealkylation sites (N-methyl/N-ethyl adjacent to an activating group) is 1. The number of hydrogen-bond donors (Lipinski definition) is 3. The van der Waals surface area contributed by atoms with Crippen molar-refractivity contribution in [1.29, 1.82) is 0 Å². The maximum atomic E-state index is 15.6. The normalized spacial score (nSPS) is 20.5. The Balaban J connectivity index is 1.57. The van der Waals surface area contributed by atoms with Gasteiger partial charge in [-0.05, 0) is 42.5 Å². The number of pyridine rings is 1. The van der Waals surface area contributed by atoms with Crippen molar-refractivity contribution in [2.45, 2.75) is 30.8 Å². The van der Waals surface area contributed by atoms with E-state index in [9.17, 15) is 14.7 Å². The van der Waals surface area contributed by atoms with Gasteiger partial charge in [-0.3, -0.25) is 9.59 Å². The summed E-state index contributed by atoms with van der Waals surface area (Å²) in [6, 6.07) is 7.69. The third kappa shape index (κ3) is 3.34. The summed E-state index contributed by atoms with van der Waals surface area (Å²) in [7, 11) is 1.58. The van der Waals surface area contributed by atoms with E-state index in [0.29, 0.717) is 6.54 Å². The highest BCUT2D eigenvalue weighted by atomic mass is 19.1. The molecule has 1 saturated carbocycles. The number of rotatable bonds is 5. The zero-order valence-electron chi connectivity index (χ0n) is 17.8. The van der Waals surface area contributed by atoms with Crippen molar-refractivity contribution in [3.8, 4) is 22.5 Å². The van der Waals surface area contributed by atoms with Gasteiger partial charge in [-0.2, -0.15) is 0 Å². The molecule has 0 unspecified atom stereocenters. The zero-order chi connectivity index (χ0) is 23.5. The van der Waals surface area contributed by atoms with E-state index in [1.54, 1.807) is 19.2 Å². The van der Waals surface area contributed by atoms with Crippen molar-refractivity contribution in [3.05, 3.63) is 53.2 Å². The maximum absolute atomic E-state index is 15.6. The van der Waals surface area contributed by atoms with Gasteiger partial charge in [0.25, 0.3) is 11.8 Å². The van der Waals surface area contributed by atoms with E-state index >= 15 is 4.39 Å².